The normalized spacial score (nSPS) is 12.0. The van der Waals surface area contributed by atoms with Crippen molar-refractivity contribution in [2.75, 3.05) is 24.3 Å². The summed E-state index contributed by atoms with van der Waals surface area (Å²) >= 11 is 0. The molecule has 0 bridgehead atoms. The highest BCUT2D eigenvalue weighted by atomic mass is 16.2. The second-order valence-corrected chi connectivity index (χ2v) is 3.95. The molecule has 16 heavy (non-hydrogen) atoms. The van der Waals surface area contributed by atoms with Crippen molar-refractivity contribution in [2.24, 2.45) is 5.73 Å². The van der Waals surface area contributed by atoms with Gasteiger partial charge in [0.05, 0.1) is 6.04 Å². The van der Waals surface area contributed by atoms with Crippen molar-refractivity contribution in [3.05, 3.63) is 24.3 Å². The second kappa shape index (κ2) is 5.51. The van der Waals surface area contributed by atoms with E-state index in [9.17, 15) is 4.79 Å². The van der Waals surface area contributed by atoms with Crippen LogP contribution in [0.2, 0.25) is 0 Å². The van der Waals surface area contributed by atoms with Crippen LogP contribution in [-0.4, -0.2) is 26.0 Å². The molecule has 0 aromatic heterocycles. The fraction of sp³-hybridized carbons (Fsp3) is 0.417. The van der Waals surface area contributed by atoms with E-state index in [0.717, 1.165) is 11.4 Å². The summed E-state index contributed by atoms with van der Waals surface area (Å²) in [6, 6.07) is 7.22. The summed E-state index contributed by atoms with van der Waals surface area (Å²) in [5, 5.41) is 2.80. The minimum absolute atomic E-state index is 0.140. The van der Waals surface area contributed by atoms with Gasteiger partial charge in [-0.15, -0.1) is 0 Å². The molecule has 0 aliphatic rings. The Morgan fingerprint density at radius 2 is 2.19 bits per heavy atom. The van der Waals surface area contributed by atoms with Crippen molar-refractivity contribution >= 4 is 17.3 Å². The van der Waals surface area contributed by atoms with Gasteiger partial charge in [0.1, 0.15) is 0 Å². The summed E-state index contributed by atoms with van der Waals surface area (Å²) in [7, 11) is 3.91. The maximum atomic E-state index is 11.6. The number of nitrogens with one attached hydrogen (secondary N) is 1. The van der Waals surface area contributed by atoms with Crippen molar-refractivity contribution in [1.82, 2.24) is 0 Å². The first-order valence-electron chi connectivity index (χ1n) is 5.38. The summed E-state index contributed by atoms with van der Waals surface area (Å²) in [5.41, 5.74) is 7.46. The molecule has 0 saturated carbocycles. The molecule has 0 aliphatic heterocycles. The quantitative estimate of drug-likeness (QED) is 0.808. The van der Waals surface area contributed by atoms with Gasteiger partial charge in [-0.1, -0.05) is 13.0 Å². The lowest BCUT2D eigenvalue weighted by Gasteiger charge is -2.15. The molecule has 0 heterocycles. The number of carbonyl (C=O) groups excluding carboxylic acids is 1. The molecule has 3 N–H and O–H groups in total. The van der Waals surface area contributed by atoms with Gasteiger partial charge in [0.25, 0.3) is 0 Å². The number of nitrogens with two attached hydrogens (primary N) is 1. The van der Waals surface area contributed by atoms with E-state index >= 15 is 0 Å². The van der Waals surface area contributed by atoms with Gasteiger partial charge in [-0.2, -0.15) is 0 Å². The minimum Gasteiger partial charge on any atom is -0.378 e. The van der Waals surface area contributed by atoms with E-state index in [1.807, 2.05) is 50.2 Å². The molecule has 0 spiro atoms. The first-order valence-corrected chi connectivity index (χ1v) is 5.38. The van der Waals surface area contributed by atoms with Gasteiger partial charge in [0.2, 0.25) is 5.91 Å². The van der Waals surface area contributed by atoms with Crippen LogP contribution < -0.4 is 16.0 Å². The van der Waals surface area contributed by atoms with E-state index < -0.39 is 6.04 Å². The third-order valence-electron chi connectivity index (χ3n) is 2.41. The van der Waals surface area contributed by atoms with Gasteiger partial charge in [-0.05, 0) is 24.6 Å². The Hall–Kier alpha value is -1.55. The summed E-state index contributed by atoms with van der Waals surface area (Å²) in [6.45, 7) is 1.89. The Labute approximate surface area is 96.4 Å². The van der Waals surface area contributed by atoms with Crippen molar-refractivity contribution in [3.63, 3.8) is 0 Å². The highest BCUT2D eigenvalue weighted by Crippen LogP contribution is 2.17. The Balaban J connectivity index is 2.74. The first kappa shape index (κ1) is 12.5. The van der Waals surface area contributed by atoms with Gasteiger partial charge in [0.15, 0.2) is 0 Å². The zero-order valence-electron chi connectivity index (χ0n) is 10.0. The van der Waals surface area contributed by atoms with E-state index in [1.165, 1.54) is 0 Å². The lowest BCUT2D eigenvalue weighted by molar-refractivity contribution is -0.117. The molecule has 1 aromatic rings. The largest absolute Gasteiger partial charge is 0.378 e. The number of rotatable bonds is 4. The average Bonchev–Trinajstić information content (AvgIpc) is 2.28. The van der Waals surface area contributed by atoms with Crippen LogP contribution in [0.5, 0.6) is 0 Å². The molecule has 1 rings (SSSR count). The number of benzene rings is 1. The van der Waals surface area contributed by atoms with Crippen LogP contribution in [0.15, 0.2) is 24.3 Å². The molecule has 0 aliphatic carbocycles. The molecule has 0 saturated heterocycles. The lowest BCUT2D eigenvalue weighted by Crippen LogP contribution is -2.34. The van der Waals surface area contributed by atoms with Crippen LogP contribution in [0.3, 0.4) is 0 Å². The Bertz CT molecular complexity index is 363. The summed E-state index contributed by atoms with van der Waals surface area (Å²) < 4.78 is 0. The maximum Gasteiger partial charge on any atom is 0.241 e. The van der Waals surface area contributed by atoms with Crippen LogP contribution in [0.25, 0.3) is 0 Å². The van der Waals surface area contributed by atoms with Gasteiger partial charge in [0, 0.05) is 25.5 Å². The van der Waals surface area contributed by atoms with E-state index in [1.54, 1.807) is 0 Å². The van der Waals surface area contributed by atoms with Gasteiger partial charge < -0.3 is 16.0 Å². The predicted octanol–water partition coefficient (Wildman–Crippen LogP) is 1.43. The zero-order valence-corrected chi connectivity index (χ0v) is 10.0. The number of hydrogen-bond donors (Lipinski definition) is 2. The second-order valence-electron chi connectivity index (χ2n) is 3.95. The molecule has 0 fully saturated rings. The number of amides is 1. The molecule has 0 radical (unpaired) electrons. The number of carbonyl (C=O) groups is 1. The molecule has 0 unspecified atom stereocenters. The Morgan fingerprint density at radius 1 is 1.50 bits per heavy atom. The molecule has 4 nitrogen and oxygen atoms in total. The topological polar surface area (TPSA) is 58.4 Å². The summed E-state index contributed by atoms with van der Waals surface area (Å²) in [6.07, 6.45) is 0.638. The average molecular weight is 221 g/mol. The van der Waals surface area contributed by atoms with E-state index in [0.29, 0.717) is 6.42 Å². The lowest BCUT2D eigenvalue weighted by atomic mass is 10.2. The maximum absolute atomic E-state index is 11.6. The van der Waals surface area contributed by atoms with Gasteiger partial charge >= 0.3 is 0 Å². The minimum atomic E-state index is -0.442. The van der Waals surface area contributed by atoms with Crippen LogP contribution >= 0.6 is 0 Å². The Morgan fingerprint density at radius 3 is 2.75 bits per heavy atom. The fourth-order valence-electron chi connectivity index (χ4n) is 1.28. The molecular weight excluding hydrogens is 202 g/mol. The molecule has 1 amide bonds. The molecule has 88 valence electrons. The van der Waals surface area contributed by atoms with Crippen LogP contribution in [0, 0.1) is 0 Å². The summed E-state index contributed by atoms with van der Waals surface area (Å²) in [5.74, 6) is -0.140. The smallest absolute Gasteiger partial charge is 0.241 e. The monoisotopic (exact) mass is 221 g/mol. The van der Waals surface area contributed by atoms with Crippen molar-refractivity contribution in [1.29, 1.82) is 0 Å². The standard InChI is InChI=1S/C12H19N3O/c1-4-11(13)12(16)14-9-6-5-7-10(8-9)15(2)3/h5-8,11H,4,13H2,1-3H3,(H,14,16)/t11-/m1/s1. The van der Waals surface area contributed by atoms with E-state index in [-0.39, 0.29) is 5.91 Å². The molecule has 1 aromatic carbocycles. The highest BCUT2D eigenvalue weighted by Gasteiger charge is 2.10. The van der Waals surface area contributed by atoms with Crippen molar-refractivity contribution < 1.29 is 4.79 Å². The van der Waals surface area contributed by atoms with Crippen molar-refractivity contribution in [3.8, 4) is 0 Å². The zero-order chi connectivity index (χ0) is 12.1. The molecular formula is C12H19N3O. The van der Waals surface area contributed by atoms with Crippen LogP contribution in [0.4, 0.5) is 11.4 Å². The molecule has 4 heteroatoms. The third kappa shape index (κ3) is 3.24. The number of nitrogens with zero attached hydrogens (tertiary/aromatic N) is 1. The fourth-order valence-corrected chi connectivity index (χ4v) is 1.28. The highest BCUT2D eigenvalue weighted by molar-refractivity contribution is 5.95. The molecule has 1 atom stereocenters. The Kier molecular flexibility index (Phi) is 4.31. The van der Waals surface area contributed by atoms with Crippen LogP contribution in [-0.2, 0) is 4.79 Å². The van der Waals surface area contributed by atoms with E-state index in [2.05, 4.69) is 5.32 Å². The first-order chi connectivity index (χ1) is 7.54. The van der Waals surface area contributed by atoms with E-state index in [4.69, 9.17) is 5.73 Å². The third-order valence-corrected chi connectivity index (χ3v) is 2.41. The SMILES string of the molecule is CC[C@@H](N)C(=O)Nc1cccc(N(C)C)c1. The van der Waals surface area contributed by atoms with Crippen LogP contribution in [0.1, 0.15) is 13.3 Å². The number of anilines is 2. The predicted molar refractivity (Wildman–Crippen MR) is 67.7 cm³/mol. The summed E-state index contributed by atoms with van der Waals surface area (Å²) in [4.78, 5) is 13.6. The van der Waals surface area contributed by atoms with Gasteiger partial charge in [-0.25, -0.2) is 0 Å². The number of hydrogen-bond acceptors (Lipinski definition) is 3. The van der Waals surface area contributed by atoms with Crippen molar-refractivity contribution in [2.45, 2.75) is 19.4 Å². The van der Waals surface area contributed by atoms with Gasteiger partial charge in [-0.3, -0.25) is 4.79 Å².